The van der Waals surface area contributed by atoms with Gasteiger partial charge in [0.2, 0.25) is 15.9 Å². The first-order valence-corrected chi connectivity index (χ1v) is 8.22. The zero-order valence-electron chi connectivity index (χ0n) is 12.9. The van der Waals surface area contributed by atoms with Crippen LogP contribution in [0.15, 0.2) is 23.1 Å². The number of benzene rings is 1. The van der Waals surface area contributed by atoms with Gasteiger partial charge in [0.25, 0.3) is 0 Å². The van der Waals surface area contributed by atoms with E-state index in [1.807, 2.05) is 0 Å². The number of carbonyl (C=O) groups is 1. The van der Waals surface area contributed by atoms with E-state index in [-0.39, 0.29) is 29.8 Å². The number of rotatable bonds is 6. The van der Waals surface area contributed by atoms with Crippen molar-refractivity contribution in [2.24, 2.45) is 5.73 Å². The molecule has 1 rings (SSSR count). The van der Waals surface area contributed by atoms with E-state index in [2.05, 4.69) is 5.32 Å². The number of nitrogens with two attached hydrogens (primary N) is 1. The summed E-state index contributed by atoms with van der Waals surface area (Å²) in [5, 5.41) is 2.69. The first kappa shape index (κ1) is 17.6. The van der Waals surface area contributed by atoms with Gasteiger partial charge in [0, 0.05) is 31.7 Å². The Bertz CT molecular complexity index is 612. The van der Waals surface area contributed by atoms with Gasteiger partial charge < -0.3 is 11.1 Å². The lowest BCUT2D eigenvalue weighted by molar-refractivity contribution is -0.116. The molecule has 0 spiro atoms. The fourth-order valence-corrected chi connectivity index (χ4v) is 3.08. The van der Waals surface area contributed by atoms with Crippen LogP contribution in [0.2, 0.25) is 0 Å². The normalized spacial score (nSPS) is 12.0. The molecule has 21 heavy (non-hydrogen) atoms. The van der Waals surface area contributed by atoms with Crippen LogP contribution >= 0.6 is 0 Å². The monoisotopic (exact) mass is 313 g/mol. The van der Waals surface area contributed by atoms with Crippen LogP contribution in [0, 0.1) is 6.92 Å². The SMILES string of the molecule is Cc1ccc(S(=O)(=O)N(C)C(C)C)cc1NC(=O)CCN. The number of nitrogens with zero attached hydrogens (tertiary/aromatic N) is 1. The van der Waals surface area contributed by atoms with E-state index in [0.29, 0.717) is 5.69 Å². The molecule has 0 saturated carbocycles. The van der Waals surface area contributed by atoms with Crippen LogP contribution in [-0.4, -0.2) is 38.3 Å². The van der Waals surface area contributed by atoms with E-state index in [9.17, 15) is 13.2 Å². The predicted octanol–water partition coefficient (Wildman–Crippen LogP) is 1.31. The molecule has 0 aliphatic carbocycles. The third kappa shape index (κ3) is 4.26. The van der Waals surface area contributed by atoms with Gasteiger partial charge in [-0.2, -0.15) is 4.31 Å². The number of hydrogen-bond donors (Lipinski definition) is 2. The van der Waals surface area contributed by atoms with Crippen molar-refractivity contribution >= 4 is 21.6 Å². The molecule has 3 N–H and O–H groups in total. The minimum Gasteiger partial charge on any atom is -0.330 e. The molecule has 0 saturated heterocycles. The Morgan fingerprint density at radius 2 is 2.00 bits per heavy atom. The van der Waals surface area contributed by atoms with E-state index in [1.54, 1.807) is 32.9 Å². The number of amides is 1. The zero-order chi connectivity index (χ0) is 16.2. The molecule has 1 aromatic carbocycles. The van der Waals surface area contributed by atoms with Crippen LogP contribution in [0.5, 0.6) is 0 Å². The van der Waals surface area contributed by atoms with Crippen LogP contribution in [0.25, 0.3) is 0 Å². The van der Waals surface area contributed by atoms with E-state index in [0.717, 1.165) is 5.56 Å². The molecule has 0 bridgehead atoms. The maximum Gasteiger partial charge on any atom is 0.243 e. The lowest BCUT2D eigenvalue weighted by Crippen LogP contribution is -2.33. The van der Waals surface area contributed by atoms with Gasteiger partial charge in [-0.05, 0) is 38.5 Å². The molecule has 0 aliphatic heterocycles. The molecular formula is C14H23N3O3S. The molecule has 7 heteroatoms. The summed E-state index contributed by atoms with van der Waals surface area (Å²) < 4.78 is 26.2. The first-order valence-electron chi connectivity index (χ1n) is 6.78. The van der Waals surface area contributed by atoms with Crippen molar-refractivity contribution in [2.45, 2.75) is 38.1 Å². The maximum absolute atomic E-state index is 12.4. The Morgan fingerprint density at radius 1 is 1.38 bits per heavy atom. The van der Waals surface area contributed by atoms with Gasteiger partial charge >= 0.3 is 0 Å². The summed E-state index contributed by atoms with van der Waals surface area (Å²) in [6.07, 6.45) is 0.197. The Hall–Kier alpha value is -1.44. The van der Waals surface area contributed by atoms with E-state index < -0.39 is 10.0 Å². The highest BCUT2D eigenvalue weighted by Gasteiger charge is 2.23. The largest absolute Gasteiger partial charge is 0.330 e. The van der Waals surface area contributed by atoms with Crippen LogP contribution < -0.4 is 11.1 Å². The third-order valence-electron chi connectivity index (χ3n) is 3.26. The third-order valence-corrected chi connectivity index (χ3v) is 5.29. The Labute approximate surface area is 126 Å². The van der Waals surface area contributed by atoms with E-state index in [1.165, 1.54) is 17.4 Å². The highest BCUT2D eigenvalue weighted by atomic mass is 32.2. The van der Waals surface area contributed by atoms with Gasteiger partial charge in [-0.25, -0.2) is 8.42 Å². The number of aryl methyl sites for hydroxylation is 1. The van der Waals surface area contributed by atoms with Gasteiger partial charge in [0.05, 0.1) is 4.90 Å². The minimum atomic E-state index is -3.57. The lowest BCUT2D eigenvalue weighted by atomic mass is 10.2. The quantitative estimate of drug-likeness (QED) is 0.828. The van der Waals surface area contributed by atoms with Crippen LogP contribution in [0.4, 0.5) is 5.69 Å². The summed E-state index contributed by atoms with van der Waals surface area (Å²) in [5.74, 6) is -0.229. The van der Waals surface area contributed by atoms with Crippen molar-refractivity contribution in [1.29, 1.82) is 0 Å². The Balaban J connectivity index is 3.15. The molecule has 118 valence electrons. The second-order valence-corrected chi connectivity index (χ2v) is 7.18. The van der Waals surface area contributed by atoms with Gasteiger partial charge in [-0.1, -0.05) is 6.07 Å². The van der Waals surface area contributed by atoms with Crippen molar-refractivity contribution in [1.82, 2.24) is 4.31 Å². The second-order valence-electron chi connectivity index (χ2n) is 5.18. The molecule has 0 radical (unpaired) electrons. The first-order chi connectivity index (χ1) is 9.70. The number of anilines is 1. The molecule has 6 nitrogen and oxygen atoms in total. The predicted molar refractivity (Wildman–Crippen MR) is 83.6 cm³/mol. The standard InChI is InChI=1S/C14H23N3O3S/c1-10(2)17(4)21(19,20)12-6-5-11(3)13(9-12)16-14(18)7-8-15/h5-6,9-10H,7-8,15H2,1-4H3,(H,16,18). The van der Waals surface area contributed by atoms with Crippen LogP contribution in [-0.2, 0) is 14.8 Å². The van der Waals surface area contributed by atoms with E-state index >= 15 is 0 Å². The van der Waals surface area contributed by atoms with Crippen molar-refractivity contribution < 1.29 is 13.2 Å². The zero-order valence-corrected chi connectivity index (χ0v) is 13.7. The number of carbonyl (C=O) groups excluding carboxylic acids is 1. The fraction of sp³-hybridized carbons (Fsp3) is 0.500. The average Bonchev–Trinajstić information content (AvgIpc) is 2.40. The molecular weight excluding hydrogens is 290 g/mol. The number of hydrogen-bond acceptors (Lipinski definition) is 4. The smallest absolute Gasteiger partial charge is 0.243 e. The maximum atomic E-state index is 12.4. The van der Waals surface area contributed by atoms with E-state index in [4.69, 9.17) is 5.73 Å². The van der Waals surface area contributed by atoms with Crippen LogP contribution in [0.1, 0.15) is 25.8 Å². The molecule has 0 aromatic heterocycles. The van der Waals surface area contributed by atoms with Gasteiger partial charge in [-0.15, -0.1) is 0 Å². The lowest BCUT2D eigenvalue weighted by Gasteiger charge is -2.21. The summed E-state index contributed by atoms with van der Waals surface area (Å²) in [5.41, 5.74) is 6.62. The molecule has 0 atom stereocenters. The summed E-state index contributed by atoms with van der Waals surface area (Å²) in [6, 6.07) is 4.56. The molecule has 1 amide bonds. The summed E-state index contributed by atoms with van der Waals surface area (Å²) >= 11 is 0. The van der Waals surface area contributed by atoms with Gasteiger partial charge in [-0.3, -0.25) is 4.79 Å². The molecule has 0 aliphatic rings. The number of nitrogens with one attached hydrogen (secondary N) is 1. The van der Waals surface area contributed by atoms with Crippen molar-refractivity contribution in [3.63, 3.8) is 0 Å². The van der Waals surface area contributed by atoms with Gasteiger partial charge in [0.1, 0.15) is 0 Å². The summed E-state index contributed by atoms with van der Waals surface area (Å²) in [6.45, 7) is 5.66. The fourth-order valence-electron chi connectivity index (χ4n) is 1.68. The Morgan fingerprint density at radius 3 is 2.52 bits per heavy atom. The van der Waals surface area contributed by atoms with Gasteiger partial charge in [0.15, 0.2) is 0 Å². The molecule has 0 fully saturated rings. The van der Waals surface area contributed by atoms with Crippen molar-refractivity contribution in [3.05, 3.63) is 23.8 Å². The second kappa shape index (κ2) is 7.02. The van der Waals surface area contributed by atoms with Crippen molar-refractivity contribution in [3.8, 4) is 0 Å². The molecule has 0 unspecified atom stereocenters. The average molecular weight is 313 g/mol. The molecule has 1 aromatic rings. The molecule has 0 heterocycles. The highest BCUT2D eigenvalue weighted by molar-refractivity contribution is 7.89. The Kier molecular flexibility index (Phi) is 5.88. The highest BCUT2D eigenvalue weighted by Crippen LogP contribution is 2.23. The number of sulfonamides is 1. The van der Waals surface area contributed by atoms with Crippen LogP contribution in [0.3, 0.4) is 0 Å². The minimum absolute atomic E-state index is 0.147. The topological polar surface area (TPSA) is 92.5 Å². The summed E-state index contributed by atoms with van der Waals surface area (Å²) in [7, 11) is -2.03. The summed E-state index contributed by atoms with van der Waals surface area (Å²) in [4.78, 5) is 11.8. The van der Waals surface area contributed by atoms with Crippen molar-refractivity contribution in [2.75, 3.05) is 18.9 Å².